The third-order valence-corrected chi connectivity index (χ3v) is 6.86. The quantitative estimate of drug-likeness (QED) is 0.357. The van der Waals surface area contributed by atoms with E-state index in [0.29, 0.717) is 46.5 Å². The number of carbonyl (C=O) groups excluding carboxylic acids is 2. The number of benzene rings is 1. The topological polar surface area (TPSA) is 119 Å². The molecule has 4 heterocycles. The summed E-state index contributed by atoms with van der Waals surface area (Å²) in [5.74, 6) is 1.30. The van der Waals surface area contributed by atoms with Crippen molar-refractivity contribution in [3.63, 3.8) is 0 Å². The zero-order valence-corrected chi connectivity index (χ0v) is 21.2. The summed E-state index contributed by atoms with van der Waals surface area (Å²) in [6.45, 7) is 10.6. The highest BCUT2D eigenvalue weighted by Crippen LogP contribution is 2.37. The largest absolute Gasteiger partial charge is 0.462 e. The van der Waals surface area contributed by atoms with E-state index in [1.165, 1.54) is 17.9 Å². The van der Waals surface area contributed by atoms with Crippen LogP contribution in [0.1, 0.15) is 66.0 Å². The number of nitrogens with one attached hydrogen (secondary N) is 1. The van der Waals surface area contributed by atoms with E-state index in [0.717, 1.165) is 18.4 Å². The maximum Gasteiger partial charge on any atom is 0.258 e. The Balaban J connectivity index is 1.48. The molecular weight excluding hydrogens is 468 g/mol. The number of carbonyl (C=O) groups is 2. The number of hydrogen-bond acceptors (Lipinski definition) is 6. The van der Waals surface area contributed by atoms with Gasteiger partial charge in [-0.3, -0.25) is 14.0 Å². The van der Waals surface area contributed by atoms with E-state index in [9.17, 15) is 9.59 Å². The molecule has 1 fully saturated rings. The van der Waals surface area contributed by atoms with Gasteiger partial charge in [0.1, 0.15) is 29.1 Å². The van der Waals surface area contributed by atoms with E-state index in [1.54, 1.807) is 23.4 Å². The van der Waals surface area contributed by atoms with Crippen molar-refractivity contribution < 1.29 is 14.0 Å². The fraction of sp³-hybridized carbons (Fsp3) is 0.286. The van der Waals surface area contributed by atoms with Gasteiger partial charge < -0.3 is 20.4 Å². The summed E-state index contributed by atoms with van der Waals surface area (Å²) in [5.41, 5.74) is 10.7. The van der Waals surface area contributed by atoms with E-state index in [-0.39, 0.29) is 23.7 Å². The van der Waals surface area contributed by atoms with E-state index < -0.39 is 0 Å². The first kappa shape index (κ1) is 24.3. The smallest absolute Gasteiger partial charge is 0.258 e. The predicted octanol–water partition coefficient (Wildman–Crippen LogP) is 5.11. The Morgan fingerprint density at radius 1 is 1.30 bits per heavy atom. The first-order valence-corrected chi connectivity index (χ1v) is 12.3. The number of fused-ring (bicyclic) bond motifs is 1. The minimum atomic E-state index is -0.292. The van der Waals surface area contributed by atoms with Gasteiger partial charge in [0.05, 0.1) is 11.6 Å². The lowest BCUT2D eigenvalue weighted by molar-refractivity contribution is -0.127. The summed E-state index contributed by atoms with van der Waals surface area (Å²) in [7, 11) is 0. The number of hydrogen-bond donors (Lipinski definition) is 2. The minimum Gasteiger partial charge on any atom is -0.462 e. The lowest BCUT2D eigenvalue weighted by Gasteiger charge is -2.22. The Kier molecular flexibility index (Phi) is 6.29. The van der Waals surface area contributed by atoms with Crippen molar-refractivity contribution in [3.8, 4) is 11.5 Å². The number of nitrogens with two attached hydrogens (primary N) is 1. The molecule has 5 rings (SSSR count). The van der Waals surface area contributed by atoms with Gasteiger partial charge in [0.25, 0.3) is 5.91 Å². The molecule has 1 aliphatic rings. The second-order valence-corrected chi connectivity index (χ2v) is 9.62. The van der Waals surface area contributed by atoms with Gasteiger partial charge in [-0.25, -0.2) is 9.97 Å². The molecule has 0 saturated carbocycles. The normalized spacial score (nSPS) is 15.5. The number of rotatable bonds is 6. The van der Waals surface area contributed by atoms with Crippen molar-refractivity contribution in [1.82, 2.24) is 19.3 Å². The van der Waals surface area contributed by atoms with Crippen molar-refractivity contribution in [2.75, 3.05) is 17.6 Å². The average Bonchev–Trinajstić information content (AvgIpc) is 3.61. The van der Waals surface area contributed by atoms with E-state index in [1.807, 2.05) is 29.5 Å². The third kappa shape index (κ3) is 4.37. The molecule has 4 aromatic rings. The number of likely N-dealkylation sites (tertiary alicyclic amines) is 1. The van der Waals surface area contributed by atoms with E-state index in [4.69, 9.17) is 15.1 Å². The van der Waals surface area contributed by atoms with Crippen LogP contribution in [0.25, 0.3) is 17.0 Å². The summed E-state index contributed by atoms with van der Waals surface area (Å²) >= 11 is 0. The van der Waals surface area contributed by atoms with Gasteiger partial charge in [-0.2, -0.15) is 0 Å². The summed E-state index contributed by atoms with van der Waals surface area (Å²) in [5, 5.41) is 2.94. The zero-order valence-electron chi connectivity index (χ0n) is 21.2. The number of aromatic nitrogens is 3. The van der Waals surface area contributed by atoms with Crippen LogP contribution in [-0.4, -0.2) is 37.6 Å². The van der Waals surface area contributed by atoms with Crippen LogP contribution < -0.4 is 11.1 Å². The predicted molar refractivity (Wildman–Crippen MR) is 142 cm³/mol. The molecule has 1 saturated heterocycles. The Labute approximate surface area is 215 Å². The van der Waals surface area contributed by atoms with Crippen molar-refractivity contribution in [1.29, 1.82) is 0 Å². The first-order chi connectivity index (χ1) is 17.8. The molecule has 0 spiro atoms. The van der Waals surface area contributed by atoms with Crippen LogP contribution in [0.15, 0.2) is 60.0 Å². The number of anilines is 2. The van der Waals surface area contributed by atoms with Crippen LogP contribution >= 0.6 is 0 Å². The van der Waals surface area contributed by atoms with Crippen LogP contribution in [0.3, 0.4) is 0 Å². The number of nitrogens with zero attached hydrogens (tertiary/aromatic N) is 4. The molecule has 1 aromatic carbocycles. The molecule has 2 amide bonds. The van der Waals surface area contributed by atoms with Crippen molar-refractivity contribution in [3.05, 3.63) is 78.1 Å². The number of amides is 2. The fourth-order valence-corrected chi connectivity index (χ4v) is 5.09. The maximum atomic E-state index is 13.0. The lowest BCUT2D eigenvalue weighted by Crippen LogP contribution is -2.29. The molecular formula is C28H30N6O3. The molecule has 0 bridgehead atoms. The van der Waals surface area contributed by atoms with Gasteiger partial charge in [-0.05, 0) is 61.1 Å². The first-order valence-electron chi connectivity index (χ1n) is 12.3. The van der Waals surface area contributed by atoms with Gasteiger partial charge in [-0.15, -0.1) is 0 Å². The number of aryl methyl sites for hydroxylation is 1. The summed E-state index contributed by atoms with van der Waals surface area (Å²) < 4.78 is 7.65. The molecule has 37 heavy (non-hydrogen) atoms. The average molecular weight is 499 g/mol. The van der Waals surface area contributed by atoms with Crippen LogP contribution in [0, 0.1) is 6.92 Å². The van der Waals surface area contributed by atoms with E-state index in [2.05, 4.69) is 30.7 Å². The van der Waals surface area contributed by atoms with Crippen LogP contribution in [0.2, 0.25) is 0 Å². The second-order valence-electron chi connectivity index (χ2n) is 9.62. The lowest BCUT2D eigenvalue weighted by atomic mass is 9.97. The molecule has 3 aromatic heterocycles. The summed E-state index contributed by atoms with van der Waals surface area (Å²) in [6.07, 6.45) is 7.71. The monoisotopic (exact) mass is 498 g/mol. The Morgan fingerprint density at radius 2 is 2.11 bits per heavy atom. The zero-order chi connectivity index (χ0) is 26.3. The van der Waals surface area contributed by atoms with Crippen LogP contribution in [0.5, 0.6) is 0 Å². The molecule has 9 heteroatoms. The van der Waals surface area contributed by atoms with Gasteiger partial charge >= 0.3 is 0 Å². The summed E-state index contributed by atoms with van der Waals surface area (Å²) in [4.78, 5) is 36.3. The molecule has 3 N–H and O–H groups in total. The third-order valence-electron chi connectivity index (χ3n) is 6.86. The molecule has 0 radical (unpaired) electrons. The molecule has 1 atom stereocenters. The minimum absolute atomic E-state index is 0.142. The Morgan fingerprint density at radius 3 is 2.84 bits per heavy atom. The number of furan rings is 1. The van der Waals surface area contributed by atoms with Gasteiger partial charge in [0, 0.05) is 24.6 Å². The maximum absolute atomic E-state index is 13.0. The van der Waals surface area contributed by atoms with Crippen molar-refractivity contribution >= 4 is 28.8 Å². The van der Waals surface area contributed by atoms with Crippen molar-refractivity contribution in [2.24, 2.45) is 0 Å². The summed E-state index contributed by atoms with van der Waals surface area (Å²) in [6, 6.07) is 7.32. The molecule has 0 aliphatic carbocycles. The fourth-order valence-electron chi connectivity index (χ4n) is 5.09. The standard InChI is InChI=1S/C28H30N6O3/c1-5-23(35)33-11-6-7-21(33)27-32-24(25-26(29)30-10-12-34(25)27)22-14-18(15-37-22)28(36)31-19-8-9-20(16(2)3)17(4)13-19/h5,8-10,12-16,21H,1,6-7,11H2,2-4H3,(H2,29,30)(H,31,36)/t21-/m0/s1. The van der Waals surface area contributed by atoms with Crippen molar-refractivity contribution in [2.45, 2.75) is 45.6 Å². The molecule has 1 aliphatic heterocycles. The Hall–Kier alpha value is -4.40. The highest BCUT2D eigenvalue weighted by atomic mass is 16.3. The molecule has 190 valence electrons. The van der Waals surface area contributed by atoms with Crippen LogP contribution in [0.4, 0.5) is 11.5 Å². The number of imidazole rings is 1. The molecule has 9 nitrogen and oxygen atoms in total. The van der Waals surface area contributed by atoms with Crippen LogP contribution in [-0.2, 0) is 4.79 Å². The van der Waals surface area contributed by atoms with Gasteiger partial charge in [0.2, 0.25) is 5.91 Å². The second kappa shape index (κ2) is 9.57. The van der Waals surface area contributed by atoms with Gasteiger partial charge in [-0.1, -0.05) is 26.5 Å². The molecule has 0 unspecified atom stereocenters. The van der Waals surface area contributed by atoms with Gasteiger partial charge in [0.15, 0.2) is 5.76 Å². The number of nitrogen functional groups attached to an aromatic ring is 1. The highest BCUT2D eigenvalue weighted by Gasteiger charge is 2.33. The van der Waals surface area contributed by atoms with E-state index >= 15 is 0 Å². The SMILES string of the molecule is C=CC(=O)N1CCC[C@H]1c1nc(-c2cc(C(=O)Nc3ccc(C(C)C)c(C)c3)co2)c2c(N)nccn12. The highest BCUT2D eigenvalue weighted by molar-refractivity contribution is 6.05. The Bertz CT molecular complexity index is 1520.